The molecule has 0 amide bonds. The molecule has 0 aliphatic heterocycles. The monoisotopic (exact) mass is 320 g/mol. The largest absolute Gasteiger partial charge is 0.380 e. The third-order valence-corrected chi connectivity index (χ3v) is 3.58. The molecule has 3 nitrogen and oxygen atoms in total. The van der Waals surface area contributed by atoms with Gasteiger partial charge in [0.25, 0.3) is 0 Å². The van der Waals surface area contributed by atoms with Gasteiger partial charge < -0.3 is 15.8 Å². The predicted molar refractivity (Wildman–Crippen MR) is 75.4 cm³/mol. The van der Waals surface area contributed by atoms with Crippen LogP contribution >= 0.6 is 27.5 Å². The van der Waals surface area contributed by atoms with E-state index in [9.17, 15) is 0 Å². The number of nitrogens with one attached hydrogen (secondary N) is 1. The number of ether oxygens (including phenoxy) is 1. The Hall–Kier alpha value is -0.130. The van der Waals surface area contributed by atoms with Gasteiger partial charge in [0.2, 0.25) is 0 Å². The zero-order valence-corrected chi connectivity index (χ0v) is 12.4. The summed E-state index contributed by atoms with van der Waals surface area (Å²) >= 11 is 9.50. The minimum Gasteiger partial charge on any atom is -0.380 e. The molecular weight excluding hydrogens is 304 g/mol. The first kappa shape index (κ1) is 14.9. The fourth-order valence-electron chi connectivity index (χ4n) is 1.49. The first-order chi connectivity index (χ1) is 8.08. The second kappa shape index (κ2) is 7.34. The lowest BCUT2D eigenvalue weighted by atomic mass is 10.1. The zero-order chi connectivity index (χ0) is 12.8. The van der Waals surface area contributed by atoms with E-state index in [2.05, 4.69) is 21.2 Å². The summed E-state index contributed by atoms with van der Waals surface area (Å²) in [7, 11) is 1.69. The minimum atomic E-state index is 0.0701. The molecule has 17 heavy (non-hydrogen) atoms. The lowest BCUT2D eigenvalue weighted by molar-refractivity contribution is 0.114. The highest BCUT2D eigenvalue weighted by atomic mass is 79.9. The molecule has 0 heterocycles. The highest BCUT2D eigenvalue weighted by molar-refractivity contribution is 9.10. The van der Waals surface area contributed by atoms with Crippen molar-refractivity contribution in [2.24, 2.45) is 5.73 Å². The van der Waals surface area contributed by atoms with Crippen LogP contribution in [0.4, 0.5) is 0 Å². The normalized spacial score (nSPS) is 14.6. The first-order valence-electron chi connectivity index (χ1n) is 5.49. The molecule has 0 bridgehead atoms. The molecule has 3 N–H and O–H groups in total. The first-order valence-corrected chi connectivity index (χ1v) is 6.66. The molecule has 0 aliphatic rings. The summed E-state index contributed by atoms with van der Waals surface area (Å²) < 4.78 is 6.20. The maximum absolute atomic E-state index is 5.99. The molecule has 0 radical (unpaired) electrons. The van der Waals surface area contributed by atoms with E-state index in [1.807, 2.05) is 25.1 Å². The highest BCUT2D eigenvalue weighted by Crippen LogP contribution is 2.26. The standard InChI is InChI=1S/C12H18BrClN2O/c1-8(17-2)7-16-12(6-15)10-5-9(14)3-4-11(10)13/h3-5,8,12,16H,6-7,15H2,1-2H3. The van der Waals surface area contributed by atoms with Gasteiger partial charge in [0, 0.05) is 35.7 Å². The van der Waals surface area contributed by atoms with E-state index in [1.165, 1.54) is 0 Å². The van der Waals surface area contributed by atoms with Gasteiger partial charge in [-0.05, 0) is 30.7 Å². The lowest BCUT2D eigenvalue weighted by Gasteiger charge is -2.21. The summed E-state index contributed by atoms with van der Waals surface area (Å²) in [6.45, 7) is 3.26. The van der Waals surface area contributed by atoms with Gasteiger partial charge in [-0.25, -0.2) is 0 Å². The summed E-state index contributed by atoms with van der Waals surface area (Å²) in [6, 6.07) is 5.77. The van der Waals surface area contributed by atoms with Gasteiger partial charge in [0.05, 0.1) is 6.10 Å². The molecule has 0 spiro atoms. The van der Waals surface area contributed by atoms with Gasteiger partial charge in [0.1, 0.15) is 0 Å². The van der Waals surface area contributed by atoms with E-state index in [4.69, 9.17) is 22.1 Å². The molecule has 2 unspecified atom stereocenters. The van der Waals surface area contributed by atoms with Gasteiger partial charge in [-0.1, -0.05) is 27.5 Å². The molecule has 96 valence electrons. The predicted octanol–water partition coefficient (Wildman–Crippen LogP) is 2.73. The second-order valence-electron chi connectivity index (χ2n) is 3.91. The van der Waals surface area contributed by atoms with E-state index in [0.29, 0.717) is 11.6 Å². The Balaban J connectivity index is 2.75. The van der Waals surface area contributed by atoms with Crippen molar-refractivity contribution < 1.29 is 4.74 Å². The molecular formula is C12H18BrClN2O. The molecule has 1 rings (SSSR count). The Morgan fingerprint density at radius 1 is 1.53 bits per heavy atom. The highest BCUT2D eigenvalue weighted by Gasteiger charge is 2.14. The van der Waals surface area contributed by atoms with Crippen molar-refractivity contribution in [3.8, 4) is 0 Å². The minimum absolute atomic E-state index is 0.0701. The molecule has 1 aromatic rings. The molecule has 1 aromatic carbocycles. The van der Waals surface area contributed by atoms with Crippen molar-refractivity contribution >= 4 is 27.5 Å². The third-order valence-electron chi connectivity index (χ3n) is 2.62. The summed E-state index contributed by atoms with van der Waals surface area (Å²) in [5, 5.41) is 4.08. The second-order valence-corrected chi connectivity index (χ2v) is 5.20. The number of hydrogen-bond donors (Lipinski definition) is 2. The smallest absolute Gasteiger partial charge is 0.0667 e. The molecule has 0 aliphatic carbocycles. The number of benzene rings is 1. The third kappa shape index (κ3) is 4.56. The summed E-state index contributed by atoms with van der Waals surface area (Å²) in [6.07, 6.45) is 0.155. The fourth-order valence-corrected chi connectivity index (χ4v) is 2.20. The molecule has 0 aromatic heterocycles. The van der Waals surface area contributed by atoms with Crippen LogP contribution in [0.2, 0.25) is 5.02 Å². The van der Waals surface area contributed by atoms with E-state index in [1.54, 1.807) is 7.11 Å². The molecule has 0 fully saturated rings. The fraction of sp³-hybridized carbons (Fsp3) is 0.500. The maximum atomic E-state index is 5.99. The Morgan fingerprint density at radius 2 is 2.24 bits per heavy atom. The lowest BCUT2D eigenvalue weighted by Crippen LogP contribution is -2.34. The van der Waals surface area contributed by atoms with Gasteiger partial charge in [-0.15, -0.1) is 0 Å². The van der Waals surface area contributed by atoms with Crippen LogP contribution in [0.15, 0.2) is 22.7 Å². The Bertz CT molecular complexity index is 362. The molecule has 5 heteroatoms. The van der Waals surface area contributed by atoms with E-state index >= 15 is 0 Å². The molecule has 0 saturated carbocycles. The summed E-state index contributed by atoms with van der Waals surface area (Å²) in [5.41, 5.74) is 6.86. The van der Waals surface area contributed by atoms with Crippen molar-refractivity contribution in [2.75, 3.05) is 20.2 Å². The number of methoxy groups -OCH3 is 1. The van der Waals surface area contributed by atoms with E-state index < -0.39 is 0 Å². The SMILES string of the molecule is COC(C)CNC(CN)c1cc(Cl)ccc1Br. The van der Waals surface area contributed by atoms with E-state index in [-0.39, 0.29) is 12.1 Å². The van der Waals surface area contributed by atoms with Crippen molar-refractivity contribution in [1.82, 2.24) is 5.32 Å². The molecule has 0 saturated heterocycles. The van der Waals surface area contributed by atoms with Crippen molar-refractivity contribution in [3.63, 3.8) is 0 Å². The number of nitrogens with two attached hydrogens (primary N) is 1. The number of rotatable bonds is 6. The zero-order valence-electron chi connectivity index (χ0n) is 10.0. The number of halogens is 2. The van der Waals surface area contributed by atoms with Gasteiger partial charge in [0.15, 0.2) is 0 Å². The van der Waals surface area contributed by atoms with E-state index in [0.717, 1.165) is 16.6 Å². The van der Waals surface area contributed by atoms with Crippen LogP contribution in [-0.4, -0.2) is 26.3 Å². The maximum Gasteiger partial charge on any atom is 0.0667 e. The van der Waals surface area contributed by atoms with Crippen LogP contribution in [0, 0.1) is 0 Å². The Labute approximate surface area is 116 Å². The van der Waals surface area contributed by atoms with Crippen molar-refractivity contribution in [3.05, 3.63) is 33.3 Å². The van der Waals surface area contributed by atoms with Crippen molar-refractivity contribution in [1.29, 1.82) is 0 Å². The molecule has 2 atom stereocenters. The van der Waals surface area contributed by atoms with Crippen LogP contribution in [0.25, 0.3) is 0 Å². The number of hydrogen-bond acceptors (Lipinski definition) is 3. The van der Waals surface area contributed by atoms with Crippen LogP contribution in [0.5, 0.6) is 0 Å². The van der Waals surface area contributed by atoms with Crippen LogP contribution in [0.1, 0.15) is 18.5 Å². The average molecular weight is 322 g/mol. The summed E-state index contributed by atoms with van der Waals surface area (Å²) in [4.78, 5) is 0. The van der Waals surface area contributed by atoms with Gasteiger partial charge >= 0.3 is 0 Å². The van der Waals surface area contributed by atoms with Crippen LogP contribution in [0.3, 0.4) is 0 Å². The van der Waals surface area contributed by atoms with Crippen LogP contribution in [-0.2, 0) is 4.74 Å². The quantitative estimate of drug-likeness (QED) is 0.847. The van der Waals surface area contributed by atoms with Gasteiger partial charge in [-0.3, -0.25) is 0 Å². The van der Waals surface area contributed by atoms with Crippen molar-refractivity contribution in [2.45, 2.75) is 19.1 Å². The Kier molecular flexibility index (Phi) is 6.44. The Morgan fingerprint density at radius 3 is 2.82 bits per heavy atom. The summed E-state index contributed by atoms with van der Waals surface area (Å²) in [5.74, 6) is 0. The topological polar surface area (TPSA) is 47.3 Å². The van der Waals surface area contributed by atoms with Crippen LogP contribution < -0.4 is 11.1 Å². The average Bonchev–Trinajstić information content (AvgIpc) is 2.33. The van der Waals surface area contributed by atoms with Gasteiger partial charge in [-0.2, -0.15) is 0 Å².